The molecule has 0 bridgehead atoms. The van der Waals surface area contributed by atoms with Gasteiger partial charge in [0.25, 0.3) is 5.91 Å². The second-order valence-electron chi connectivity index (χ2n) is 7.37. The number of hydrogen-bond donors (Lipinski definition) is 3. The summed E-state index contributed by atoms with van der Waals surface area (Å²) in [4.78, 5) is 21.7. The van der Waals surface area contributed by atoms with Crippen molar-refractivity contribution in [1.29, 1.82) is 0 Å². The number of carbonyl (C=O) groups excluding carboxylic acids is 1. The molecular weight excluding hydrogens is 499 g/mol. The predicted molar refractivity (Wildman–Crippen MR) is 142 cm³/mol. The van der Waals surface area contributed by atoms with Crippen molar-refractivity contribution in [3.05, 3.63) is 72.2 Å². The quantitative estimate of drug-likeness (QED) is 0.414. The Morgan fingerprint density at radius 1 is 1.03 bits per heavy atom. The molecule has 1 aliphatic heterocycles. The first-order chi connectivity index (χ1) is 15.1. The van der Waals surface area contributed by atoms with Crippen LogP contribution in [-0.2, 0) is 4.74 Å². The number of nitrogens with zero attached hydrogens (tertiary/aromatic N) is 3. The van der Waals surface area contributed by atoms with E-state index in [2.05, 4.69) is 20.7 Å². The van der Waals surface area contributed by atoms with Crippen LogP contribution in [0.2, 0.25) is 0 Å². The number of amides is 1. The summed E-state index contributed by atoms with van der Waals surface area (Å²) in [5.74, 6) is 0.501. The molecule has 1 amide bonds. The lowest BCUT2D eigenvalue weighted by molar-refractivity contribution is 0.00418. The molecule has 0 saturated carbocycles. The largest absolute Gasteiger partial charge is 0.397 e. The molecule has 1 unspecified atom stereocenters. The minimum Gasteiger partial charge on any atom is -0.397 e. The molecule has 1 fully saturated rings. The molecule has 2 heterocycles. The maximum Gasteiger partial charge on any atom is 0.255 e. The Morgan fingerprint density at radius 2 is 1.71 bits per heavy atom. The van der Waals surface area contributed by atoms with Gasteiger partial charge in [0.05, 0.1) is 36.3 Å². The number of ether oxygens (including phenoxy) is 1. The summed E-state index contributed by atoms with van der Waals surface area (Å²) in [6.45, 7) is 5.15. The number of morpholine rings is 1. The van der Waals surface area contributed by atoms with Gasteiger partial charge in [0.1, 0.15) is 5.82 Å². The molecule has 0 radical (unpaired) electrons. The van der Waals surface area contributed by atoms with Gasteiger partial charge in [0.15, 0.2) is 0 Å². The van der Waals surface area contributed by atoms with Gasteiger partial charge >= 0.3 is 0 Å². The van der Waals surface area contributed by atoms with E-state index in [0.29, 0.717) is 22.8 Å². The minimum absolute atomic E-state index is 0. The van der Waals surface area contributed by atoms with Gasteiger partial charge < -0.3 is 15.8 Å². The number of nitrogens with one attached hydrogen (secondary N) is 2. The Balaban J connectivity index is 0.00000193. The van der Waals surface area contributed by atoms with Crippen LogP contribution in [0, 0.1) is 0 Å². The van der Waals surface area contributed by atoms with E-state index in [4.69, 9.17) is 15.5 Å². The third-order valence-corrected chi connectivity index (χ3v) is 5.10. The molecular formula is C23H29Cl3N6O2. The summed E-state index contributed by atoms with van der Waals surface area (Å²) in [6, 6.07) is 16.3. The summed E-state index contributed by atoms with van der Waals surface area (Å²) in [5, 5.41) is 4.97. The molecule has 34 heavy (non-hydrogen) atoms. The number of hydrazine groups is 1. The van der Waals surface area contributed by atoms with E-state index in [-0.39, 0.29) is 49.2 Å². The van der Waals surface area contributed by atoms with Crippen molar-refractivity contribution in [1.82, 2.24) is 20.4 Å². The number of hydrogen-bond acceptors (Lipinski definition) is 7. The van der Waals surface area contributed by atoms with Gasteiger partial charge in [0, 0.05) is 30.4 Å². The Labute approximate surface area is 217 Å². The Morgan fingerprint density at radius 3 is 2.38 bits per heavy atom. The van der Waals surface area contributed by atoms with Crippen LogP contribution in [0.4, 0.5) is 11.4 Å². The minimum atomic E-state index is -0.212. The third kappa shape index (κ3) is 7.53. The van der Waals surface area contributed by atoms with E-state index in [1.807, 2.05) is 37.3 Å². The van der Waals surface area contributed by atoms with Crippen LogP contribution in [0.1, 0.15) is 29.1 Å². The zero-order chi connectivity index (χ0) is 21.6. The second-order valence-corrected chi connectivity index (χ2v) is 7.37. The first-order valence-electron chi connectivity index (χ1n) is 10.3. The Bertz CT molecular complexity index is 1050. The first kappa shape index (κ1) is 29.6. The van der Waals surface area contributed by atoms with Gasteiger partial charge in [-0.05, 0) is 37.3 Å². The Hall–Kier alpha value is -2.46. The van der Waals surface area contributed by atoms with Crippen LogP contribution in [0.25, 0.3) is 11.3 Å². The SMILES string of the molecule is CC(NN1CCOCC1)c1nccc(-c2ccc(C(=O)Nc3ccccc3N)cc2)n1.Cl.Cl.Cl. The number of benzene rings is 2. The van der Waals surface area contributed by atoms with E-state index in [1.165, 1.54) is 0 Å². The molecule has 1 aromatic heterocycles. The molecule has 184 valence electrons. The zero-order valence-electron chi connectivity index (χ0n) is 18.6. The average Bonchev–Trinajstić information content (AvgIpc) is 2.81. The molecule has 1 saturated heterocycles. The number of nitrogens with two attached hydrogens (primary N) is 1. The fourth-order valence-corrected chi connectivity index (χ4v) is 3.36. The molecule has 3 aromatic rings. The summed E-state index contributed by atoms with van der Waals surface area (Å²) >= 11 is 0. The number of anilines is 2. The number of halogens is 3. The smallest absolute Gasteiger partial charge is 0.255 e. The molecule has 4 N–H and O–H groups in total. The van der Waals surface area contributed by atoms with Crippen LogP contribution < -0.4 is 16.5 Å². The zero-order valence-corrected chi connectivity index (χ0v) is 21.1. The maximum absolute atomic E-state index is 12.5. The van der Waals surface area contributed by atoms with Crippen LogP contribution in [0.5, 0.6) is 0 Å². The monoisotopic (exact) mass is 526 g/mol. The van der Waals surface area contributed by atoms with Crippen molar-refractivity contribution in [2.75, 3.05) is 37.4 Å². The van der Waals surface area contributed by atoms with Crippen molar-refractivity contribution < 1.29 is 9.53 Å². The van der Waals surface area contributed by atoms with Gasteiger partial charge in [0.2, 0.25) is 0 Å². The van der Waals surface area contributed by atoms with Gasteiger partial charge in [-0.2, -0.15) is 0 Å². The number of aromatic nitrogens is 2. The topological polar surface area (TPSA) is 105 Å². The van der Waals surface area contributed by atoms with Crippen LogP contribution in [-0.4, -0.2) is 47.2 Å². The standard InChI is InChI=1S/C23H26N6O2.3ClH/c1-16(28-29-12-14-31-15-13-29)22-25-11-10-20(26-22)17-6-8-18(9-7-17)23(30)27-21-5-3-2-4-19(21)24;;;/h2-11,16,28H,12-15,24H2,1H3,(H,27,30);3*1H. The fourth-order valence-electron chi connectivity index (χ4n) is 3.36. The van der Waals surface area contributed by atoms with Gasteiger partial charge in [-0.1, -0.05) is 24.3 Å². The maximum atomic E-state index is 12.5. The van der Waals surface area contributed by atoms with Crippen LogP contribution >= 0.6 is 37.2 Å². The van der Waals surface area contributed by atoms with E-state index in [1.54, 1.807) is 30.5 Å². The van der Waals surface area contributed by atoms with Crippen molar-refractivity contribution in [3.63, 3.8) is 0 Å². The van der Waals surface area contributed by atoms with Crippen LogP contribution in [0.3, 0.4) is 0 Å². The van der Waals surface area contributed by atoms with Crippen molar-refractivity contribution >= 4 is 54.5 Å². The number of carbonyl (C=O) groups is 1. The van der Waals surface area contributed by atoms with E-state index >= 15 is 0 Å². The number of nitrogen functional groups attached to an aromatic ring is 1. The summed E-state index contributed by atoms with van der Waals surface area (Å²) in [7, 11) is 0. The molecule has 1 atom stereocenters. The van der Waals surface area contributed by atoms with Crippen molar-refractivity contribution in [2.24, 2.45) is 0 Å². The highest BCUT2D eigenvalue weighted by Crippen LogP contribution is 2.21. The molecule has 8 nitrogen and oxygen atoms in total. The third-order valence-electron chi connectivity index (χ3n) is 5.10. The molecule has 1 aliphatic rings. The average molecular weight is 528 g/mol. The first-order valence-corrected chi connectivity index (χ1v) is 10.3. The number of rotatable bonds is 6. The molecule has 4 rings (SSSR count). The van der Waals surface area contributed by atoms with Crippen LogP contribution in [0.15, 0.2) is 60.8 Å². The lowest BCUT2D eigenvalue weighted by Gasteiger charge is -2.29. The lowest BCUT2D eigenvalue weighted by Crippen LogP contribution is -2.46. The van der Waals surface area contributed by atoms with E-state index in [9.17, 15) is 4.79 Å². The summed E-state index contributed by atoms with van der Waals surface area (Å²) in [6.07, 6.45) is 1.76. The van der Waals surface area contributed by atoms with Gasteiger partial charge in [-0.3, -0.25) is 4.79 Å². The van der Waals surface area contributed by atoms with E-state index in [0.717, 1.165) is 37.6 Å². The molecule has 11 heteroatoms. The highest BCUT2D eigenvalue weighted by atomic mass is 35.5. The lowest BCUT2D eigenvalue weighted by atomic mass is 10.1. The molecule has 0 spiro atoms. The number of para-hydroxylation sites is 2. The molecule has 0 aliphatic carbocycles. The second kappa shape index (κ2) is 14.1. The highest BCUT2D eigenvalue weighted by Gasteiger charge is 2.16. The summed E-state index contributed by atoms with van der Waals surface area (Å²) < 4.78 is 5.38. The normalized spacial score (nSPS) is 14.0. The predicted octanol–water partition coefficient (Wildman–Crippen LogP) is 4.14. The Kier molecular flexibility index (Phi) is 12.2. The van der Waals surface area contributed by atoms with Gasteiger partial charge in [-0.15, -0.1) is 37.2 Å². The van der Waals surface area contributed by atoms with Gasteiger partial charge in [-0.25, -0.2) is 20.4 Å². The molecule has 2 aromatic carbocycles. The fraction of sp³-hybridized carbons (Fsp3) is 0.261. The summed E-state index contributed by atoms with van der Waals surface area (Å²) in [5.41, 5.74) is 12.7. The van der Waals surface area contributed by atoms with E-state index < -0.39 is 0 Å². The van der Waals surface area contributed by atoms with Crippen molar-refractivity contribution in [2.45, 2.75) is 13.0 Å². The highest BCUT2D eigenvalue weighted by molar-refractivity contribution is 6.05. The van der Waals surface area contributed by atoms with Crippen molar-refractivity contribution in [3.8, 4) is 11.3 Å².